The van der Waals surface area contributed by atoms with E-state index in [2.05, 4.69) is 10.6 Å². The van der Waals surface area contributed by atoms with Crippen LogP contribution in [0.4, 0.5) is 11.4 Å². The van der Waals surface area contributed by atoms with Gasteiger partial charge in [-0.3, -0.25) is 23.5 Å². The van der Waals surface area contributed by atoms with E-state index in [9.17, 15) is 18.6 Å². The molecule has 0 spiro atoms. The maximum absolute atomic E-state index is 14.1. The van der Waals surface area contributed by atoms with Crippen molar-refractivity contribution in [1.29, 1.82) is 0 Å². The molecule has 2 N–H and O–H groups in total. The number of ether oxygens (including phenoxy) is 3. The van der Waals surface area contributed by atoms with Gasteiger partial charge in [-0.15, -0.1) is 0 Å². The van der Waals surface area contributed by atoms with Crippen LogP contribution in [0.15, 0.2) is 59.0 Å². The molecule has 2 aromatic carbocycles. The lowest BCUT2D eigenvalue weighted by molar-refractivity contribution is -0.127. The molecule has 3 aromatic rings. The number of furan rings is 1. The van der Waals surface area contributed by atoms with E-state index < -0.39 is 46.1 Å². The molecule has 45 heavy (non-hydrogen) atoms. The first kappa shape index (κ1) is 33.6. The number of hydrogen-bond acceptors (Lipinski definition) is 8. The van der Waals surface area contributed by atoms with Gasteiger partial charge in [-0.05, 0) is 75.2 Å². The molecule has 0 radical (unpaired) electrons. The Bertz CT molecular complexity index is 1480. The Morgan fingerprint density at radius 3 is 2.29 bits per heavy atom. The van der Waals surface area contributed by atoms with Gasteiger partial charge in [0.25, 0.3) is 5.91 Å². The summed E-state index contributed by atoms with van der Waals surface area (Å²) in [5, 5.41) is 5.81. The predicted molar refractivity (Wildman–Crippen MR) is 172 cm³/mol. The molecular formula is C33H41N3O8S. The van der Waals surface area contributed by atoms with E-state index in [1.165, 1.54) is 19.1 Å². The van der Waals surface area contributed by atoms with Crippen LogP contribution in [0.3, 0.4) is 0 Å². The molecule has 1 aliphatic carbocycles. The fourth-order valence-electron chi connectivity index (χ4n) is 5.32. The van der Waals surface area contributed by atoms with E-state index in [0.717, 1.165) is 32.1 Å². The summed E-state index contributed by atoms with van der Waals surface area (Å²) in [5.41, 5.74) is 0.817. The number of benzene rings is 2. The summed E-state index contributed by atoms with van der Waals surface area (Å²) in [4.78, 5) is 42.0. The minimum absolute atomic E-state index is 0.0346. The molecule has 1 heterocycles. The molecule has 1 saturated carbocycles. The molecule has 1 aliphatic rings. The molecule has 0 saturated heterocycles. The zero-order valence-corrected chi connectivity index (χ0v) is 26.9. The van der Waals surface area contributed by atoms with Crippen molar-refractivity contribution in [2.75, 3.05) is 42.5 Å². The Morgan fingerprint density at radius 2 is 1.67 bits per heavy atom. The molecule has 4 rings (SSSR count). The van der Waals surface area contributed by atoms with E-state index in [-0.39, 0.29) is 11.8 Å². The largest absolute Gasteiger partial charge is 0.494 e. The number of carbonyl (C=O) groups excluding carboxylic acids is 3. The molecule has 0 unspecified atom stereocenters. The van der Waals surface area contributed by atoms with Crippen molar-refractivity contribution in [1.82, 2.24) is 5.32 Å². The highest BCUT2D eigenvalue weighted by Crippen LogP contribution is 2.36. The fraction of sp³-hybridized carbons (Fsp3) is 0.424. The summed E-state index contributed by atoms with van der Waals surface area (Å²) < 4.78 is 35.4. The van der Waals surface area contributed by atoms with Gasteiger partial charge in [0.1, 0.15) is 28.8 Å². The van der Waals surface area contributed by atoms with Gasteiger partial charge < -0.3 is 29.3 Å². The van der Waals surface area contributed by atoms with Gasteiger partial charge in [0.2, 0.25) is 11.8 Å². The SMILES string of the molecule is CCOc1ccc(NC(=O)C[S@@](=O)CC(=O)N(c2ccc(OC)c(OC)c2)[C@@H](C(=O)NC2CCCCC2)c2ccc(C)o2)cc1. The number of hydrogen-bond donors (Lipinski definition) is 2. The van der Waals surface area contributed by atoms with Crippen molar-refractivity contribution in [2.45, 2.75) is 58.0 Å². The van der Waals surface area contributed by atoms with Crippen molar-refractivity contribution in [3.8, 4) is 17.2 Å². The molecule has 1 fully saturated rings. The van der Waals surface area contributed by atoms with Crippen molar-refractivity contribution < 1.29 is 37.2 Å². The first-order valence-corrected chi connectivity index (χ1v) is 16.5. The zero-order chi connectivity index (χ0) is 32.3. The first-order valence-electron chi connectivity index (χ1n) is 15.0. The molecule has 2 atom stereocenters. The lowest BCUT2D eigenvalue weighted by Gasteiger charge is -2.32. The molecule has 11 nitrogen and oxygen atoms in total. The summed E-state index contributed by atoms with van der Waals surface area (Å²) in [6, 6.07) is 13.7. The van der Waals surface area contributed by atoms with Gasteiger partial charge >= 0.3 is 0 Å². The first-order chi connectivity index (χ1) is 21.7. The van der Waals surface area contributed by atoms with Crippen LogP contribution in [0, 0.1) is 6.92 Å². The normalized spacial score (nSPS) is 14.6. The Balaban J connectivity index is 1.60. The van der Waals surface area contributed by atoms with Crippen molar-refractivity contribution >= 4 is 39.9 Å². The highest BCUT2D eigenvalue weighted by atomic mass is 32.2. The third-order valence-electron chi connectivity index (χ3n) is 7.43. The van der Waals surface area contributed by atoms with Crippen LogP contribution in [-0.4, -0.2) is 60.3 Å². The number of nitrogens with zero attached hydrogens (tertiary/aromatic N) is 1. The smallest absolute Gasteiger partial charge is 0.251 e. The second kappa shape index (κ2) is 16.1. The number of anilines is 2. The number of methoxy groups -OCH3 is 2. The number of aryl methyl sites for hydroxylation is 1. The van der Waals surface area contributed by atoms with Gasteiger partial charge in [-0.1, -0.05) is 19.3 Å². The van der Waals surface area contributed by atoms with Gasteiger partial charge in [0.15, 0.2) is 17.5 Å². The number of amides is 3. The average molecular weight is 640 g/mol. The Kier molecular flexibility index (Phi) is 12.0. The summed E-state index contributed by atoms with van der Waals surface area (Å²) in [5.74, 6) is -0.255. The summed E-state index contributed by atoms with van der Waals surface area (Å²) in [6.45, 7) is 4.14. The summed E-state index contributed by atoms with van der Waals surface area (Å²) in [6.07, 6.45) is 4.80. The maximum Gasteiger partial charge on any atom is 0.251 e. The monoisotopic (exact) mass is 639 g/mol. The van der Waals surface area contributed by atoms with Gasteiger partial charge in [-0.2, -0.15) is 0 Å². The molecule has 0 aliphatic heterocycles. The van der Waals surface area contributed by atoms with Gasteiger partial charge in [0.05, 0.1) is 20.8 Å². The van der Waals surface area contributed by atoms with E-state index >= 15 is 0 Å². The van der Waals surface area contributed by atoms with E-state index in [0.29, 0.717) is 41.0 Å². The lowest BCUT2D eigenvalue weighted by Crippen LogP contribution is -2.48. The van der Waals surface area contributed by atoms with Crippen LogP contribution >= 0.6 is 0 Å². The molecule has 3 amide bonds. The predicted octanol–water partition coefficient (Wildman–Crippen LogP) is 4.91. The minimum atomic E-state index is -1.90. The van der Waals surface area contributed by atoms with Crippen LogP contribution in [0.25, 0.3) is 0 Å². The van der Waals surface area contributed by atoms with Crippen LogP contribution in [-0.2, 0) is 25.2 Å². The van der Waals surface area contributed by atoms with E-state index in [1.807, 2.05) is 6.92 Å². The highest BCUT2D eigenvalue weighted by Gasteiger charge is 2.37. The maximum atomic E-state index is 14.1. The number of rotatable bonds is 14. The molecule has 0 bridgehead atoms. The molecular weight excluding hydrogens is 598 g/mol. The summed E-state index contributed by atoms with van der Waals surface area (Å²) in [7, 11) is 1.06. The second-order valence-corrected chi connectivity index (χ2v) is 12.2. The van der Waals surface area contributed by atoms with E-state index in [1.54, 1.807) is 61.5 Å². The van der Waals surface area contributed by atoms with Crippen LogP contribution in [0.2, 0.25) is 0 Å². The third-order valence-corrected chi connectivity index (χ3v) is 8.58. The van der Waals surface area contributed by atoms with Crippen molar-refractivity contribution in [3.63, 3.8) is 0 Å². The Hall–Kier alpha value is -4.32. The Morgan fingerprint density at radius 1 is 0.956 bits per heavy atom. The molecule has 242 valence electrons. The Labute approximate surface area is 266 Å². The van der Waals surface area contributed by atoms with Crippen molar-refractivity contribution in [3.05, 3.63) is 66.1 Å². The molecule has 1 aromatic heterocycles. The van der Waals surface area contributed by atoms with Crippen molar-refractivity contribution in [2.24, 2.45) is 0 Å². The number of carbonyl (C=O) groups is 3. The third kappa shape index (κ3) is 9.10. The minimum Gasteiger partial charge on any atom is -0.494 e. The van der Waals surface area contributed by atoms with Gasteiger partial charge in [0, 0.05) is 34.3 Å². The zero-order valence-electron chi connectivity index (χ0n) is 26.1. The highest BCUT2D eigenvalue weighted by molar-refractivity contribution is 7.86. The van der Waals surface area contributed by atoms with Crippen LogP contribution in [0.1, 0.15) is 56.6 Å². The lowest BCUT2D eigenvalue weighted by atomic mass is 9.95. The average Bonchev–Trinajstić information content (AvgIpc) is 3.46. The van der Waals surface area contributed by atoms with Crippen LogP contribution < -0.4 is 29.7 Å². The van der Waals surface area contributed by atoms with E-state index in [4.69, 9.17) is 18.6 Å². The quantitative estimate of drug-likeness (QED) is 0.254. The fourth-order valence-corrected chi connectivity index (χ4v) is 6.20. The van der Waals surface area contributed by atoms with Gasteiger partial charge in [-0.25, -0.2) is 0 Å². The standard InChI is InChI=1S/C33H41N3O8S/c1-5-43-26-15-12-24(13-16-26)34-30(37)20-45(40)21-31(38)36(25-14-18-27(41-3)29(19-25)42-4)32(28-17-11-22(2)44-28)33(39)35-23-9-7-6-8-10-23/h11-19,23,32H,5-10,20-21H2,1-4H3,(H,34,37)(H,35,39)/t32-,45-/m1/s1. The summed E-state index contributed by atoms with van der Waals surface area (Å²) >= 11 is 0. The molecule has 12 heteroatoms. The second-order valence-electron chi connectivity index (χ2n) is 10.7. The number of nitrogens with one attached hydrogen (secondary N) is 2. The van der Waals surface area contributed by atoms with Crippen LogP contribution in [0.5, 0.6) is 17.2 Å². The topological polar surface area (TPSA) is 136 Å².